The molecule has 0 aliphatic heterocycles. The highest BCUT2D eigenvalue weighted by Crippen LogP contribution is 2.00. The summed E-state index contributed by atoms with van der Waals surface area (Å²) < 4.78 is 4.43. The maximum atomic E-state index is 10.4. The minimum atomic E-state index is -1.23. The third kappa shape index (κ3) is 13.6. The number of carbonyl (C=O) groups is 3. The van der Waals surface area contributed by atoms with Crippen LogP contribution in [0.5, 0.6) is 0 Å². The SMILES string of the molecule is CCOC(=O)CNC(=O)O.O=C(O)/C=C\C=C\c1ccccc1. The molecule has 3 N–H and O–H groups in total. The number of carbonyl (C=O) groups excluding carboxylic acids is 1. The number of allylic oxidation sites excluding steroid dienone is 2. The lowest BCUT2D eigenvalue weighted by molar-refractivity contribution is -0.141. The van der Waals surface area contributed by atoms with Crippen LogP contribution in [0, 0.1) is 0 Å². The van der Waals surface area contributed by atoms with Gasteiger partial charge in [0, 0.05) is 6.08 Å². The van der Waals surface area contributed by atoms with E-state index in [1.807, 2.05) is 41.7 Å². The molecular formula is C16H19NO6. The van der Waals surface area contributed by atoms with Crippen molar-refractivity contribution < 1.29 is 29.3 Å². The largest absolute Gasteiger partial charge is 0.478 e. The molecule has 0 radical (unpaired) electrons. The van der Waals surface area contributed by atoms with Gasteiger partial charge in [0.25, 0.3) is 0 Å². The molecule has 1 aromatic carbocycles. The molecule has 124 valence electrons. The van der Waals surface area contributed by atoms with E-state index >= 15 is 0 Å². The van der Waals surface area contributed by atoms with Crippen molar-refractivity contribution in [3.63, 3.8) is 0 Å². The topological polar surface area (TPSA) is 113 Å². The lowest BCUT2D eigenvalue weighted by Gasteiger charge is -1.99. The average molecular weight is 321 g/mol. The first-order chi connectivity index (χ1) is 11.0. The van der Waals surface area contributed by atoms with E-state index in [0.29, 0.717) is 0 Å². The Morgan fingerprint density at radius 3 is 2.30 bits per heavy atom. The first-order valence-corrected chi connectivity index (χ1v) is 6.70. The van der Waals surface area contributed by atoms with Gasteiger partial charge in [-0.1, -0.05) is 48.6 Å². The molecule has 0 aromatic heterocycles. The van der Waals surface area contributed by atoms with Gasteiger partial charge in [0.1, 0.15) is 6.54 Å². The Bertz CT molecular complexity index is 551. The van der Waals surface area contributed by atoms with Crippen LogP contribution in [0.15, 0.2) is 48.6 Å². The van der Waals surface area contributed by atoms with Crippen LogP contribution in [0.25, 0.3) is 6.08 Å². The van der Waals surface area contributed by atoms with Gasteiger partial charge < -0.3 is 20.3 Å². The Hall–Kier alpha value is -3.09. The summed E-state index contributed by atoms with van der Waals surface area (Å²) in [5.74, 6) is -1.50. The van der Waals surface area contributed by atoms with Gasteiger partial charge >= 0.3 is 18.0 Å². The molecular weight excluding hydrogens is 302 g/mol. The molecule has 23 heavy (non-hydrogen) atoms. The van der Waals surface area contributed by atoms with E-state index in [-0.39, 0.29) is 13.2 Å². The van der Waals surface area contributed by atoms with Gasteiger partial charge in [0.15, 0.2) is 0 Å². The number of nitrogens with one attached hydrogen (secondary N) is 1. The summed E-state index contributed by atoms with van der Waals surface area (Å²) in [6, 6.07) is 9.70. The van der Waals surface area contributed by atoms with Crippen molar-refractivity contribution in [2.75, 3.05) is 13.2 Å². The zero-order valence-corrected chi connectivity index (χ0v) is 12.6. The molecule has 0 unspecified atom stereocenters. The highest BCUT2D eigenvalue weighted by molar-refractivity contribution is 5.80. The third-order valence-corrected chi connectivity index (χ3v) is 2.13. The lowest BCUT2D eigenvalue weighted by Crippen LogP contribution is -2.28. The summed E-state index contributed by atoms with van der Waals surface area (Å²) in [5.41, 5.74) is 1.05. The van der Waals surface area contributed by atoms with Gasteiger partial charge in [0.2, 0.25) is 0 Å². The number of benzene rings is 1. The van der Waals surface area contributed by atoms with Crippen molar-refractivity contribution in [2.24, 2.45) is 0 Å². The minimum Gasteiger partial charge on any atom is -0.478 e. The number of ether oxygens (including phenoxy) is 1. The molecule has 1 amide bonds. The molecule has 1 aromatic rings. The smallest absolute Gasteiger partial charge is 0.405 e. The standard InChI is InChI=1S/C11H10O2.C5H9NO4/c12-11(13)9-5-4-8-10-6-2-1-3-7-10;1-2-10-4(7)3-6-5(8)9/h1-9H,(H,12,13);6H,2-3H2,1H3,(H,8,9)/b8-4+,9-5-;. The predicted molar refractivity (Wildman–Crippen MR) is 84.9 cm³/mol. The zero-order valence-electron chi connectivity index (χ0n) is 12.6. The summed E-state index contributed by atoms with van der Waals surface area (Å²) in [4.78, 5) is 30.3. The van der Waals surface area contributed by atoms with Crippen LogP contribution in [0.4, 0.5) is 4.79 Å². The van der Waals surface area contributed by atoms with Crippen molar-refractivity contribution >= 4 is 24.1 Å². The van der Waals surface area contributed by atoms with Crippen LogP contribution in [0.1, 0.15) is 12.5 Å². The quantitative estimate of drug-likeness (QED) is 0.420. The lowest BCUT2D eigenvalue weighted by atomic mass is 10.2. The fourth-order valence-electron chi connectivity index (χ4n) is 1.23. The number of amides is 1. The summed E-state index contributed by atoms with van der Waals surface area (Å²) >= 11 is 0. The molecule has 7 heteroatoms. The van der Waals surface area contributed by atoms with Gasteiger partial charge in [0.05, 0.1) is 6.61 Å². The fourth-order valence-corrected chi connectivity index (χ4v) is 1.23. The number of carboxylic acids is 1. The molecule has 0 spiro atoms. The van der Waals surface area contributed by atoms with Crippen LogP contribution < -0.4 is 5.32 Å². The molecule has 0 saturated heterocycles. The fraction of sp³-hybridized carbons (Fsp3) is 0.188. The number of rotatable bonds is 6. The Morgan fingerprint density at radius 1 is 1.13 bits per heavy atom. The minimum absolute atomic E-state index is 0.264. The summed E-state index contributed by atoms with van der Waals surface area (Å²) in [6.45, 7) is 1.63. The second kappa shape index (κ2) is 12.6. The van der Waals surface area contributed by atoms with Crippen LogP contribution in [0.2, 0.25) is 0 Å². The van der Waals surface area contributed by atoms with Gasteiger partial charge in [-0.3, -0.25) is 4.79 Å². The third-order valence-electron chi connectivity index (χ3n) is 2.13. The van der Waals surface area contributed by atoms with E-state index in [4.69, 9.17) is 10.2 Å². The van der Waals surface area contributed by atoms with Crippen LogP contribution >= 0.6 is 0 Å². The number of esters is 1. The Kier molecular flexibility index (Phi) is 10.9. The van der Waals surface area contributed by atoms with Crippen LogP contribution in [0.3, 0.4) is 0 Å². The van der Waals surface area contributed by atoms with Crippen molar-refractivity contribution in [1.82, 2.24) is 5.32 Å². The highest BCUT2D eigenvalue weighted by atomic mass is 16.5. The van der Waals surface area contributed by atoms with Gasteiger partial charge in [-0.25, -0.2) is 9.59 Å². The molecule has 0 aliphatic carbocycles. The molecule has 1 rings (SSSR count). The molecule has 0 saturated carbocycles. The van der Waals surface area contributed by atoms with E-state index in [1.54, 1.807) is 13.0 Å². The first-order valence-electron chi connectivity index (χ1n) is 6.70. The van der Waals surface area contributed by atoms with Crippen LogP contribution in [-0.4, -0.2) is 41.4 Å². The number of aliphatic carboxylic acids is 1. The Labute approximate surface area is 133 Å². The highest BCUT2D eigenvalue weighted by Gasteiger charge is 2.01. The normalized spacial score (nSPS) is 9.96. The van der Waals surface area contributed by atoms with Crippen molar-refractivity contribution in [3.8, 4) is 0 Å². The number of carboxylic acid groups (broad SMARTS) is 2. The van der Waals surface area contributed by atoms with Gasteiger partial charge in [-0.15, -0.1) is 0 Å². The second-order valence-electron chi connectivity index (χ2n) is 3.93. The van der Waals surface area contributed by atoms with E-state index < -0.39 is 18.0 Å². The summed E-state index contributed by atoms with van der Waals surface area (Å²) in [7, 11) is 0. The Morgan fingerprint density at radius 2 is 1.78 bits per heavy atom. The maximum Gasteiger partial charge on any atom is 0.405 e. The molecule has 0 heterocycles. The molecule has 0 fully saturated rings. The summed E-state index contributed by atoms with van der Waals surface area (Å²) in [6.07, 6.45) is 4.91. The van der Waals surface area contributed by atoms with E-state index in [2.05, 4.69) is 4.74 Å². The van der Waals surface area contributed by atoms with Crippen LogP contribution in [-0.2, 0) is 14.3 Å². The van der Waals surface area contributed by atoms with E-state index in [1.165, 1.54) is 6.08 Å². The number of hydrogen-bond donors (Lipinski definition) is 3. The van der Waals surface area contributed by atoms with Crippen molar-refractivity contribution in [2.45, 2.75) is 6.92 Å². The Balaban J connectivity index is 0.000000438. The molecule has 0 aliphatic rings. The van der Waals surface area contributed by atoms with Crippen molar-refractivity contribution in [3.05, 3.63) is 54.1 Å². The monoisotopic (exact) mass is 321 g/mol. The zero-order chi connectivity index (χ0) is 17.5. The maximum absolute atomic E-state index is 10.4. The summed E-state index contributed by atoms with van der Waals surface area (Å²) in [5, 5.41) is 18.2. The average Bonchev–Trinajstić information content (AvgIpc) is 2.51. The predicted octanol–water partition coefficient (Wildman–Crippen LogP) is 2.16. The molecule has 7 nitrogen and oxygen atoms in total. The van der Waals surface area contributed by atoms with E-state index in [9.17, 15) is 14.4 Å². The second-order valence-corrected chi connectivity index (χ2v) is 3.93. The van der Waals surface area contributed by atoms with E-state index in [0.717, 1.165) is 11.6 Å². The number of hydrogen-bond acceptors (Lipinski definition) is 4. The first kappa shape index (κ1) is 19.9. The molecule has 0 atom stereocenters. The van der Waals surface area contributed by atoms with Gasteiger partial charge in [-0.05, 0) is 12.5 Å². The van der Waals surface area contributed by atoms with Gasteiger partial charge in [-0.2, -0.15) is 0 Å². The van der Waals surface area contributed by atoms with Crippen molar-refractivity contribution in [1.29, 1.82) is 0 Å². The molecule has 0 bridgehead atoms.